The Kier molecular flexibility index (Phi) is 4.71. The lowest BCUT2D eigenvalue weighted by atomic mass is 10.2. The van der Waals surface area contributed by atoms with Crippen LogP contribution in [0.15, 0.2) is 36.5 Å². The Morgan fingerprint density at radius 2 is 1.91 bits per heavy atom. The van der Waals surface area contributed by atoms with Crippen LogP contribution in [0.1, 0.15) is 24.2 Å². The first-order chi connectivity index (χ1) is 11.2. The number of amides is 2. The van der Waals surface area contributed by atoms with Gasteiger partial charge in [0.2, 0.25) is 0 Å². The van der Waals surface area contributed by atoms with Crippen LogP contribution in [0.4, 0.5) is 16.3 Å². The Morgan fingerprint density at radius 1 is 1.17 bits per heavy atom. The Labute approximate surface area is 135 Å². The van der Waals surface area contributed by atoms with Crippen LogP contribution in [0.3, 0.4) is 0 Å². The van der Waals surface area contributed by atoms with Crippen molar-refractivity contribution in [3.63, 3.8) is 0 Å². The first-order valence-corrected chi connectivity index (χ1v) is 7.89. The monoisotopic (exact) mass is 311 g/mol. The smallest absolute Gasteiger partial charge is 0.319 e. The molecule has 1 saturated heterocycles. The van der Waals surface area contributed by atoms with Crippen molar-refractivity contribution in [2.75, 3.05) is 23.3 Å². The fraction of sp³-hybridized carbons (Fsp3) is 0.353. The van der Waals surface area contributed by atoms with Crippen LogP contribution in [-0.2, 0) is 6.54 Å². The van der Waals surface area contributed by atoms with Gasteiger partial charge in [-0.3, -0.25) is 0 Å². The van der Waals surface area contributed by atoms with Crippen LogP contribution in [-0.4, -0.2) is 29.1 Å². The predicted octanol–water partition coefficient (Wildman–Crippen LogP) is 2.71. The van der Waals surface area contributed by atoms with Crippen LogP contribution in [0, 0.1) is 6.92 Å². The summed E-state index contributed by atoms with van der Waals surface area (Å²) in [5.41, 5.74) is 1.92. The largest absolute Gasteiger partial charge is 0.357 e. The summed E-state index contributed by atoms with van der Waals surface area (Å²) in [5, 5.41) is 5.58. The SMILES string of the molecule is Cc1ccc(NC(=O)NCc2nccc(N3CCCC3)n2)cc1. The quantitative estimate of drug-likeness (QED) is 0.911. The van der Waals surface area contributed by atoms with E-state index in [2.05, 4.69) is 25.5 Å². The van der Waals surface area contributed by atoms with Gasteiger partial charge in [-0.25, -0.2) is 14.8 Å². The summed E-state index contributed by atoms with van der Waals surface area (Å²) in [5.74, 6) is 1.56. The van der Waals surface area contributed by atoms with Crippen molar-refractivity contribution in [3.05, 3.63) is 47.9 Å². The Hall–Kier alpha value is -2.63. The number of aryl methyl sites for hydroxylation is 1. The molecule has 1 fully saturated rings. The summed E-state index contributed by atoms with van der Waals surface area (Å²) < 4.78 is 0. The maximum Gasteiger partial charge on any atom is 0.319 e. The molecular weight excluding hydrogens is 290 g/mol. The molecule has 1 aliphatic rings. The van der Waals surface area contributed by atoms with Crippen LogP contribution in [0.25, 0.3) is 0 Å². The highest BCUT2D eigenvalue weighted by molar-refractivity contribution is 5.89. The lowest BCUT2D eigenvalue weighted by molar-refractivity contribution is 0.251. The van der Waals surface area contributed by atoms with Crippen molar-refractivity contribution in [2.24, 2.45) is 0 Å². The van der Waals surface area contributed by atoms with Crippen molar-refractivity contribution >= 4 is 17.5 Å². The zero-order chi connectivity index (χ0) is 16.1. The van der Waals surface area contributed by atoms with E-state index in [1.54, 1.807) is 6.20 Å². The van der Waals surface area contributed by atoms with E-state index in [1.165, 1.54) is 12.8 Å². The molecule has 0 atom stereocenters. The van der Waals surface area contributed by atoms with Crippen molar-refractivity contribution in [1.82, 2.24) is 15.3 Å². The summed E-state index contributed by atoms with van der Waals surface area (Å²) in [6.45, 7) is 4.39. The second kappa shape index (κ2) is 7.09. The minimum atomic E-state index is -0.260. The normalized spacial score (nSPS) is 13.9. The van der Waals surface area contributed by atoms with Gasteiger partial charge in [0, 0.05) is 25.0 Å². The molecule has 3 rings (SSSR count). The number of nitrogens with zero attached hydrogens (tertiary/aromatic N) is 3. The second-order valence-electron chi connectivity index (χ2n) is 5.70. The third-order valence-corrected chi connectivity index (χ3v) is 3.84. The van der Waals surface area contributed by atoms with Gasteiger partial charge in [-0.05, 0) is 38.0 Å². The van der Waals surface area contributed by atoms with E-state index in [1.807, 2.05) is 37.3 Å². The average Bonchev–Trinajstić information content (AvgIpc) is 3.10. The standard InChI is InChI=1S/C17H21N5O/c1-13-4-6-14(7-5-13)20-17(23)19-12-15-18-9-8-16(21-15)22-10-2-3-11-22/h4-9H,2-3,10-12H2,1H3,(H2,19,20,23). The lowest BCUT2D eigenvalue weighted by Gasteiger charge is -2.16. The molecule has 0 bridgehead atoms. The highest BCUT2D eigenvalue weighted by Gasteiger charge is 2.14. The van der Waals surface area contributed by atoms with Gasteiger partial charge in [0.05, 0.1) is 6.54 Å². The number of hydrogen-bond donors (Lipinski definition) is 2. The molecule has 1 aromatic heterocycles. The number of rotatable bonds is 4. The van der Waals surface area contributed by atoms with Crippen molar-refractivity contribution < 1.29 is 4.79 Å². The maximum atomic E-state index is 11.9. The van der Waals surface area contributed by atoms with Crippen molar-refractivity contribution in [1.29, 1.82) is 0 Å². The molecule has 1 aliphatic heterocycles. The fourth-order valence-electron chi connectivity index (χ4n) is 2.57. The average molecular weight is 311 g/mol. The van der Waals surface area contributed by atoms with E-state index < -0.39 is 0 Å². The minimum Gasteiger partial charge on any atom is -0.357 e. The maximum absolute atomic E-state index is 11.9. The summed E-state index contributed by atoms with van der Waals surface area (Å²) in [4.78, 5) is 22.9. The third-order valence-electron chi connectivity index (χ3n) is 3.84. The van der Waals surface area contributed by atoms with Crippen LogP contribution < -0.4 is 15.5 Å². The van der Waals surface area contributed by atoms with E-state index in [4.69, 9.17) is 0 Å². The molecule has 23 heavy (non-hydrogen) atoms. The van der Waals surface area contributed by atoms with E-state index in [-0.39, 0.29) is 6.03 Å². The first-order valence-electron chi connectivity index (χ1n) is 7.89. The molecule has 0 aliphatic carbocycles. The molecule has 2 aromatic rings. The van der Waals surface area contributed by atoms with E-state index >= 15 is 0 Å². The van der Waals surface area contributed by atoms with E-state index in [0.717, 1.165) is 30.2 Å². The predicted molar refractivity (Wildman–Crippen MR) is 90.5 cm³/mol. The molecule has 0 radical (unpaired) electrons. The van der Waals surface area contributed by atoms with Crippen molar-refractivity contribution in [3.8, 4) is 0 Å². The summed E-state index contributed by atoms with van der Waals surface area (Å²) in [6, 6.07) is 9.32. The third kappa shape index (κ3) is 4.18. The number of nitrogens with one attached hydrogen (secondary N) is 2. The van der Waals surface area contributed by atoms with E-state index in [0.29, 0.717) is 12.4 Å². The van der Waals surface area contributed by atoms with Gasteiger partial charge < -0.3 is 15.5 Å². The molecule has 2 amide bonds. The second-order valence-corrected chi connectivity index (χ2v) is 5.70. The van der Waals surface area contributed by atoms with Crippen LogP contribution >= 0.6 is 0 Å². The number of benzene rings is 1. The first kappa shape index (κ1) is 15.3. The Bertz CT molecular complexity index is 665. The minimum absolute atomic E-state index is 0.260. The van der Waals surface area contributed by atoms with Gasteiger partial charge >= 0.3 is 6.03 Å². The molecule has 2 N–H and O–H groups in total. The summed E-state index contributed by atoms with van der Waals surface area (Å²) in [6.07, 6.45) is 4.16. The highest BCUT2D eigenvalue weighted by atomic mass is 16.2. The molecule has 6 nitrogen and oxygen atoms in total. The molecule has 6 heteroatoms. The molecule has 0 spiro atoms. The number of aromatic nitrogens is 2. The fourth-order valence-corrected chi connectivity index (χ4v) is 2.57. The molecule has 2 heterocycles. The molecule has 1 aromatic carbocycles. The van der Waals surface area contributed by atoms with Gasteiger partial charge in [-0.15, -0.1) is 0 Å². The topological polar surface area (TPSA) is 70.2 Å². The Morgan fingerprint density at radius 3 is 2.65 bits per heavy atom. The molecule has 0 unspecified atom stereocenters. The van der Waals surface area contributed by atoms with Gasteiger partial charge in [0.15, 0.2) is 0 Å². The molecule has 0 saturated carbocycles. The van der Waals surface area contributed by atoms with E-state index in [9.17, 15) is 4.79 Å². The van der Waals surface area contributed by atoms with Gasteiger partial charge in [0.25, 0.3) is 0 Å². The zero-order valence-electron chi connectivity index (χ0n) is 13.2. The molecular formula is C17H21N5O. The molecule has 120 valence electrons. The number of carbonyl (C=O) groups is 1. The van der Waals surface area contributed by atoms with Gasteiger partial charge in [-0.2, -0.15) is 0 Å². The summed E-state index contributed by atoms with van der Waals surface area (Å²) >= 11 is 0. The highest BCUT2D eigenvalue weighted by Crippen LogP contribution is 2.16. The van der Waals surface area contributed by atoms with Crippen molar-refractivity contribution in [2.45, 2.75) is 26.3 Å². The van der Waals surface area contributed by atoms with Gasteiger partial charge in [0.1, 0.15) is 11.6 Å². The van der Waals surface area contributed by atoms with Crippen LogP contribution in [0.2, 0.25) is 0 Å². The Balaban J connectivity index is 1.54. The number of anilines is 2. The number of carbonyl (C=O) groups excluding carboxylic acids is 1. The lowest BCUT2D eigenvalue weighted by Crippen LogP contribution is -2.29. The summed E-state index contributed by atoms with van der Waals surface area (Å²) in [7, 11) is 0. The van der Waals surface area contributed by atoms with Crippen LogP contribution in [0.5, 0.6) is 0 Å². The zero-order valence-corrected chi connectivity index (χ0v) is 13.2. The van der Waals surface area contributed by atoms with Gasteiger partial charge in [-0.1, -0.05) is 17.7 Å². The number of urea groups is 1. The number of hydrogen-bond acceptors (Lipinski definition) is 4.